The average Bonchev–Trinajstić information content (AvgIpc) is 3.04. The summed E-state index contributed by atoms with van der Waals surface area (Å²) in [5.41, 5.74) is 0.101. The molecule has 5 nitrogen and oxygen atoms in total. The number of hydrogen-bond donors (Lipinski definition) is 1. The molecular weight excluding hydrogens is 321 g/mol. The number of aromatic nitrogens is 3. The second-order valence-corrected chi connectivity index (χ2v) is 6.61. The monoisotopic (exact) mass is 338 g/mol. The van der Waals surface area contributed by atoms with Crippen molar-refractivity contribution in [3.63, 3.8) is 0 Å². The Kier molecular flexibility index (Phi) is 3.59. The largest absolute Gasteiger partial charge is 0.339 e. The summed E-state index contributed by atoms with van der Waals surface area (Å²) in [6, 6.07) is 2.99. The van der Waals surface area contributed by atoms with E-state index < -0.39 is 17.2 Å². The first-order valence-electron chi connectivity index (χ1n) is 8.03. The van der Waals surface area contributed by atoms with Gasteiger partial charge in [0.25, 0.3) is 0 Å². The normalized spacial score (nSPS) is 23.0. The van der Waals surface area contributed by atoms with Gasteiger partial charge in [-0.15, -0.1) is 0 Å². The van der Waals surface area contributed by atoms with Crippen LogP contribution in [0.15, 0.2) is 22.9 Å². The molecule has 1 saturated carbocycles. The summed E-state index contributed by atoms with van der Waals surface area (Å²) in [7, 11) is 0. The van der Waals surface area contributed by atoms with Crippen molar-refractivity contribution in [3.8, 4) is 0 Å². The SMILES string of the molecule is Fc1ccc(C2(c3noc(C4CC(F)(F)C4)n3)CCNCC2)nc1. The molecule has 24 heavy (non-hydrogen) atoms. The Morgan fingerprint density at radius 1 is 1.17 bits per heavy atom. The maximum Gasteiger partial charge on any atom is 0.249 e. The van der Waals surface area contributed by atoms with Crippen LogP contribution in [0.1, 0.15) is 49.0 Å². The molecule has 1 aliphatic carbocycles. The Bertz CT molecular complexity index is 717. The predicted molar refractivity (Wildman–Crippen MR) is 78.3 cm³/mol. The first-order valence-corrected chi connectivity index (χ1v) is 8.03. The zero-order valence-electron chi connectivity index (χ0n) is 12.9. The molecule has 0 aromatic carbocycles. The lowest BCUT2D eigenvalue weighted by Gasteiger charge is -2.34. The summed E-state index contributed by atoms with van der Waals surface area (Å²) in [6.07, 6.45) is 2.04. The van der Waals surface area contributed by atoms with Crippen molar-refractivity contribution < 1.29 is 17.7 Å². The molecular formula is C16H17F3N4O. The molecule has 0 radical (unpaired) electrons. The van der Waals surface area contributed by atoms with E-state index in [4.69, 9.17) is 4.52 Å². The van der Waals surface area contributed by atoms with Gasteiger partial charge in [-0.25, -0.2) is 13.2 Å². The van der Waals surface area contributed by atoms with Crippen LogP contribution in [0.5, 0.6) is 0 Å². The van der Waals surface area contributed by atoms with E-state index in [1.165, 1.54) is 12.3 Å². The molecule has 3 heterocycles. The maximum absolute atomic E-state index is 13.2. The summed E-state index contributed by atoms with van der Waals surface area (Å²) >= 11 is 0. The minimum atomic E-state index is -2.63. The van der Waals surface area contributed by atoms with Crippen molar-refractivity contribution in [3.05, 3.63) is 41.6 Å². The fourth-order valence-electron chi connectivity index (χ4n) is 3.54. The van der Waals surface area contributed by atoms with Crippen molar-refractivity contribution in [2.75, 3.05) is 13.1 Å². The minimum absolute atomic E-state index is 0.252. The van der Waals surface area contributed by atoms with E-state index in [0.29, 0.717) is 24.4 Å². The van der Waals surface area contributed by atoms with Gasteiger partial charge >= 0.3 is 0 Å². The Morgan fingerprint density at radius 3 is 2.54 bits per heavy atom. The van der Waals surface area contributed by atoms with Gasteiger partial charge in [0.15, 0.2) is 5.82 Å². The van der Waals surface area contributed by atoms with Crippen LogP contribution in [0.3, 0.4) is 0 Å². The van der Waals surface area contributed by atoms with Crippen LogP contribution < -0.4 is 5.32 Å². The molecule has 0 amide bonds. The molecule has 0 spiro atoms. The number of nitrogens with one attached hydrogen (secondary N) is 1. The van der Waals surface area contributed by atoms with E-state index in [1.54, 1.807) is 6.07 Å². The van der Waals surface area contributed by atoms with Crippen molar-refractivity contribution in [1.82, 2.24) is 20.4 Å². The number of halogens is 3. The van der Waals surface area contributed by atoms with Crippen LogP contribution >= 0.6 is 0 Å². The number of piperidine rings is 1. The fraction of sp³-hybridized carbons (Fsp3) is 0.562. The van der Waals surface area contributed by atoms with Gasteiger partial charge < -0.3 is 9.84 Å². The molecule has 128 valence electrons. The standard InChI is InChI=1S/C16H17F3N4O/c17-11-1-2-12(21-9-11)15(3-5-20-6-4-15)14-22-13(24-23-14)10-7-16(18,19)8-10/h1-2,9-10,20H,3-8H2. The molecule has 8 heteroatoms. The molecule has 0 bridgehead atoms. The van der Waals surface area contributed by atoms with Crippen molar-refractivity contribution in [2.45, 2.75) is 42.9 Å². The Morgan fingerprint density at radius 2 is 1.92 bits per heavy atom. The van der Waals surface area contributed by atoms with Crippen LogP contribution in [0.2, 0.25) is 0 Å². The van der Waals surface area contributed by atoms with Crippen LogP contribution in [-0.2, 0) is 5.41 Å². The van der Waals surface area contributed by atoms with Crippen LogP contribution in [0.4, 0.5) is 13.2 Å². The minimum Gasteiger partial charge on any atom is -0.339 e. The van der Waals surface area contributed by atoms with E-state index in [1.807, 2.05) is 0 Å². The first kappa shape index (κ1) is 15.6. The van der Waals surface area contributed by atoms with Gasteiger partial charge in [0, 0.05) is 18.8 Å². The van der Waals surface area contributed by atoms with Gasteiger partial charge in [0.05, 0.1) is 17.3 Å². The third-order valence-electron chi connectivity index (χ3n) is 4.98. The summed E-state index contributed by atoms with van der Waals surface area (Å²) in [4.78, 5) is 8.64. The Labute approximate surface area is 136 Å². The lowest BCUT2D eigenvalue weighted by Crippen LogP contribution is -2.42. The number of nitrogens with zero attached hydrogens (tertiary/aromatic N) is 3. The highest BCUT2D eigenvalue weighted by molar-refractivity contribution is 5.28. The van der Waals surface area contributed by atoms with Crippen LogP contribution in [0, 0.1) is 5.82 Å². The van der Waals surface area contributed by atoms with Crippen LogP contribution in [-0.4, -0.2) is 34.1 Å². The van der Waals surface area contributed by atoms with E-state index in [2.05, 4.69) is 20.4 Å². The van der Waals surface area contributed by atoms with E-state index in [0.717, 1.165) is 13.1 Å². The fourth-order valence-corrected chi connectivity index (χ4v) is 3.54. The highest BCUT2D eigenvalue weighted by Gasteiger charge is 2.49. The third-order valence-corrected chi connectivity index (χ3v) is 4.98. The van der Waals surface area contributed by atoms with Gasteiger partial charge in [-0.2, -0.15) is 4.98 Å². The Hall–Kier alpha value is -1.96. The summed E-state index contributed by atoms with van der Waals surface area (Å²) in [5, 5.41) is 7.33. The zero-order valence-corrected chi connectivity index (χ0v) is 12.9. The lowest BCUT2D eigenvalue weighted by atomic mass is 9.75. The zero-order chi connectivity index (χ0) is 16.8. The molecule has 0 unspecified atom stereocenters. The van der Waals surface area contributed by atoms with Crippen molar-refractivity contribution in [2.24, 2.45) is 0 Å². The molecule has 0 atom stereocenters. The molecule has 4 rings (SSSR count). The second kappa shape index (κ2) is 5.54. The third kappa shape index (κ3) is 2.58. The smallest absolute Gasteiger partial charge is 0.249 e. The number of alkyl halides is 2. The van der Waals surface area contributed by atoms with E-state index in [9.17, 15) is 13.2 Å². The highest BCUT2D eigenvalue weighted by Crippen LogP contribution is 2.48. The molecule has 1 saturated heterocycles. The quantitative estimate of drug-likeness (QED) is 0.932. The van der Waals surface area contributed by atoms with Crippen LogP contribution in [0.25, 0.3) is 0 Å². The topological polar surface area (TPSA) is 63.8 Å². The predicted octanol–water partition coefficient (Wildman–Crippen LogP) is 2.79. The van der Waals surface area contributed by atoms with Gasteiger partial charge in [-0.1, -0.05) is 5.16 Å². The lowest BCUT2D eigenvalue weighted by molar-refractivity contribution is -0.0925. The number of rotatable bonds is 3. The molecule has 2 fully saturated rings. The first-order chi connectivity index (χ1) is 11.5. The molecule has 1 aliphatic heterocycles. The van der Waals surface area contributed by atoms with Crippen molar-refractivity contribution >= 4 is 0 Å². The molecule has 2 aromatic rings. The highest BCUT2D eigenvalue weighted by atomic mass is 19.3. The summed E-state index contributed by atoms with van der Waals surface area (Å²) in [6.45, 7) is 1.48. The van der Waals surface area contributed by atoms with Gasteiger partial charge in [-0.3, -0.25) is 4.98 Å². The molecule has 1 N–H and O–H groups in total. The Balaban J connectivity index is 1.67. The van der Waals surface area contributed by atoms with E-state index >= 15 is 0 Å². The summed E-state index contributed by atoms with van der Waals surface area (Å²) < 4.78 is 44.6. The van der Waals surface area contributed by atoms with Gasteiger partial charge in [0.2, 0.25) is 11.8 Å². The van der Waals surface area contributed by atoms with Crippen molar-refractivity contribution in [1.29, 1.82) is 0 Å². The van der Waals surface area contributed by atoms with Gasteiger partial charge in [0.1, 0.15) is 5.82 Å². The average molecular weight is 338 g/mol. The molecule has 2 aliphatic rings. The number of hydrogen-bond acceptors (Lipinski definition) is 5. The van der Waals surface area contributed by atoms with Gasteiger partial charge in [-0.05, 0) is 38.1 Å². The second-order valence-electron chi connectivity index (χ2n) is 6.61. The van der Waals surface area contributed by atoms with E-state index in [-0.39, 0.29) is 24.7 Å². The summed E-state index contributed by atoms with van der Waals surface area (Å²) in [5.74, 6) is -2.72. The number of pyridine rings is 1. The molecule has 2 aromatic heterocycles. The maximum atomic E-state index is 13.2.